The Morgan fingerprint density at radius 1 is 0.194 bits per heavy atom. The predicted molar refractivity (Wildman–Crippen MR) is 282 cm³/mol. The fraction of sp³-hybridized carbons (Fsp3) is 0.895. The summed E-state index contributed by atoms with van der Waals surface area (Å²) >= 11 is 0. The second kappa shape index (κ2) is 83.4. The summed E-state index contributed by atoms with van der Waals surface area (Å²) in [5, 5.41) is 37.5. The maximum Gasteiger partial charge on any atom is 3.00 e. The Balaban J connectivity index is -0.0000000807. The van der Waals surface area contributed by atoms with E-state index in [0.717, 1.165) is 13.4 Å². The van der Waals surface area contributed by atoms with Gasteiger partial charge in [-0.1, -0.05) is 213 Å². The zero-order valence-electron chi connectivity index (χ0n) is 47.0. The molecule has 0 aliphatic rings. The maximum atomic E-state index is 6.25. The van der Waals surface area contributed by atoms with E-state index in [-0.39, 0.29) is 17.1 Å². The Kier molecular flexibility index (Phi) is 109. The van der Waals surface area contributed by atoms with E-state index >= 15 is 0 Å². The van der Waals surface area contributed by atoms with E-state index < -0.39 is 0 Å². The third-order valence-electron chi connectivity index (χ3n) is 11.0. The second-order valence-electron chi connectivity index (χ2n) is 20.7. The predicted octanol–water partition coefficient (Wildman–Crippen LogP) is 16.8. The molecular weight excluding hydrogens is 867 g/mol. The topological polar surface area (TPSA) is 143 Å². The first kappa shape index (κ1) is 87.4. The quantitative estimate of drug-likeness (QED) is 0.0260. The molecule has 0 heterocycles. The van der Waals surface area contributed by atoms with Crippen LogP contribution in [0, 0.1) is 71.0 Å². The molecule has 0 spiro atoms. The van der Waals surface area contributed by atoms with Crippen molar-refractivity contribution in [2.45, 2.75) is 252 Å². The Morgan fingerprint density at radius 2 is 0.284 bits per heavy atom. The molecule has 0 N–H and O–H groups in total. The van der Waals surface area contributed by atoms with Gasteiger partial charge in [0, 0.05) is 0 Å². The summed E-state index contributed by atoms with van der Waals surface area (Å²) in [5.41, 5.74) is 0. The normalized spacial score (nSPS) is 9.85. The molecule has 0 fully saturated rings. The van der Waals surface area contributed by atoms with Crippen LogP contribution in [0.2, 0.25) is 0 Å². The average molecular weight is 981 g/mol. The van der Waals surface area contributed by atoms with Crippen molar-refractivity contribution in [1.82, 2.24) is 0 Å². The summed E-state index contributed by atoms with van der Waals surface area (Å²) in [7, 11) is 20.6. The molecule has 0 atom stereocenters. The molecule has 67 heavy (non-hydrogen) atoms. The van der Waals surface area contributed by atoms with Crippen molar-refractivity contribution in [1.29, 1.82) is 31.6 Å². The molecule has 0 aromatic heterocycles. The first-order chi connectivity index (χ1) is 31.7. The number of rotatable bonds is 39. The molecule has 0 aromatic carbocycles. The molecule has 0 rings (SSSR count). The Hall–Kier alpha value is -2.66. The zero-order chi connectivity index (χ0) is 53.1. The van der Waals surface area contributed by atoms with Crippen molar-refractivity contribution in [3.8, 4) is 0 Å². The third-order valence-corrected chi connectivity index (χ3v) is 11.0. The molecular formula is C57H114FeN9. The Labute approximate surface area is 434 Å². The summed E-state index contributed by atoms with van der Waals surface area (Å²) in [5.74, 6) is 0. The fourth-order valence-corrected chi connectivity index (χ4v) is 7.28. The van der Waals surface area contributed by atoms with Crippen molar-refractivity contribution in [3.05, 3.63) is 39.4 Å². The Morgan fingerprint density at radius 3 is 0.373 bits per heavy atom. The maximum absolute atomic E-state index is 6.25. The van der Waals surface area contributed by atoms with Crippen molar-refractivity contribution in [2.75, 3.05) is 83.1 Å². The van der Waals surface area contributed by atoms with Crippen LogP contribution >= 0.6 is 0 Å². The molecule has 0 saturated carbocycles. The van der Waals surface area contributed by atoms with Gasteiger partial charge < -0.3 is 84.5 Å². The van der Waals surface area contributed by atoms with Gasteiger partial charge in [-0.25, -0.2) is 0 Å². The van der Waals surface area contributed by atoms with Crippen LogP contribution in [0.4, 0.5) is 0 Å². The molecule has 1 radical (unpaired) electrons. The van der Waals surface area contributed by atoms with E-state index in [9.17, 15) is 0 Å². The largest absolute Gasteiger partial charge is 3.00 e. The van der Waals surface area contributed by atoms with Gasteiger partial charge in [0.2, 0.25) is 0 Å². The SMILES string of the molecule is CCCCCCCCCCCCCC[N+](C)(C)C.CCCCCCCCCCCCCC[N+](C)(C)C.CCCCCCCCCCCCCC[N+](C)(C)C.[C-]#N.[C-]#N.[C-]#N.[C-]#N.[C-]#N.[C-]#N.[Fe+3]. The first-order valence-corrected chi connectivity index (χ1v) is 26.4. The number of hydrogen-bond acceptors (Lipinski definition) is 6. The third kappa shape index (κ3) is 133. The molecule has 9 nitrogen and oxygen atoms in total. The molecule has 0 aromatic rings. The van der Waals surface area contributed by atoms with Crippen LogP contribution in [-0.4, -0.2) is 96.5 Å². The van der Waals surface area contributed by atoms with Crippen molar-refractivity contribution in [2.24, 2.45) is 0 Å². The van der Waals surface area contributed by atoms with Crippen LogP contribution in [0.25, 0.3) is 0 Å². The van der Waals surface area contributed by atoms with E-state index in [1.807, 2.05) is 0 Å². The minimum Gasteiger partial charge on any atom is -0.512 e. The van der Waals surface area contributed by atoms with Gasteiger partial charge in [-0.15, -0.1) is 0 Å². The summed E-state index contributed by atoms with van der Waals surface area (Å²) in [6.45, 7) is 39.4. The molecule has 0 aliphatic carbocycles. The van der Waals surface area contributed by atoms with E-state index in [2.05, 4.69) is 84.2 Å². The molecule has 395 valence electrons. The summed E-state index contributed by atoms with van der Waals surface area (Å²) in [4.78, 5) is 0. The number of hydrogen-bond donors (Lipinski definition) is 0. The van der Waals surface area contributed by atoms with Crippen LogP contribution in [0.15, 0.2) is 0 Å². The number of unbranched alkanes of at least 4 members (excludes halogenated alkanes) is 33. The molecule has 0 unspecified atom stereocenters. The van der Waals surface area contributed by atoms with Crippen LogP contribution in [0.5, 0.6) is 0 Å². The standard InChI is InChI=1S/3C17H38N.6CN.Fe/c3*1-5-6-7-8-9-10-11-12-13-14-15-16-17-18(2,3)4;6*1-2;/h3*5-17H2,1-4H3;;;;;;;/q3*+1;6*-1;+3. The van der Waals surface area contributed by atoms with Gasteiger partial charge in [0.1, 0.15) is 0 Å². The number of nitrogens with zero attached hydrogens (tertiary/aromatic N) is 9. The van der Waals surface area contributed by atoms with E-state index in [1.165, 1.54) is 251 Å². The van der Waals surface area contributed by atoms with E-state index in [0.29, 0.717) is 0 Å². The van der Waals surface area contributed by atoms with Gasteiger partial charge in [-0.05, 0) is 38.5 Å². The summed E-state index contributed by atoms with van der Waals surface area (Å²) in [6, 6.07) is 0. The minimum atomic E-state index is 0. The Bertz CT molecular complexity index is 786. The van der Waals surface area contributed by atoms with E-state index in [1.54, 1.807) is 0 Å². The minimum absolute atomic E-state index is 0. The van der Waals surface area contributed by atoms with Crippen LogP contribution in [0.1, 0.15) is 252 Å². The van der Waals surface area contributed by atoms with E-state index in [4.69, 9.17) is 71.0 Å². The number of quaternary nitrogens is 3. The van der Waals surface area contributed by atoms with Gasteiger partial charge in [0.05, 0.1) is 83.1 Å². The molecule has 0 bridgehead atoms. The molecule has 0 amide bonds. The summed E-state index contributed by atoms with van der Waals surface area (Å²) < 4.78 is 3.37. The van der Waals surface area contributed by atoms with Crippen LogP contribution in [0.3, 0.4) is 0 Å². The summed E-state index contributed by atoms with van der Waals surface area (Å²) in [6.07, 6.45) is 52.2. The van der Waals surface area contributed by atoms with Gasteiger partial charge in [-0.2, -0.15) is 0 Å². The molecule has 0 aliphatic heterocycles. The van der Waals surface area contributed by atoms with Gasteiger partial charge in [0.15, 0.2) is 0 Å². The second-order valence-corrected chi connectivity index (χ2v) is 20.7. The van der Waals surface area contributed by atoms with Gasteiger partial charge in [-0.3, -0.25) is 0 Å². The smallest absolute Gasteiger partial charge is 0.512 e. The van der Waals surface area contributed by atoms with Crippen LogP contribution in [-0.2, 0) is 17.1 Å². The van der Waals surface area contributed by atoms with Crippen molar-refractivity contribution in [3.63, 3.8) is 0 Å². The van der Waals surface area contributed by atoms with Gasteiger partial charge >= 0.3 is 17.1 Å². The first-order valence-electron chi connectivity index (χ1n) is 26.4. The average Bonchev–Trinajstić information content (AvgIpc) is 3.31. The molecule has 10 heteroatoms. The fourth-order valence-electron chi connectivity index (χ4n) is 7.28. The van der Waals surface area contributed by atoms with Crippen molar-refractivity contribution >= 4 is 0 Å². The van der Waals surface area contributed by atoms with Gasteiger partial charge in [0.25, 0.3) is 0 Å². The zero-order valence-corrected chi connectivity index (χ0v) is 48.1. The monoisotopic (exact) mass is 981 g/mol. The molecule has 0 saturated heterocycles. The van der Waals surface area contributed by atoms with Crippen molar-refractivity contribution < 1.29 is 30.5 Å². The van der Waals surface area contributed by atoms with Crippen LogP contribution < -0.4 is 0 Å².